The number of aromatic nitrogens is 1. The molecule has 2 N–H and O–H groups in total. The van der Waals surface area contributed by atoms with Crippen molar-refractivity contribution in [1.82, 2.24) is 9.88 Å². The van der Waals surface area contributed by atoms with Crippen molar-refractivity contribution in [3.05, 3.63) is 76.1 Å². The number of pyridine rings is 1. The van der Waals surface area contributed by atoms with Crippen LogP contribution in [-0.4, -0.2) is 72.1 Å². The van der Waals surface area contributed by atoms with Crippen LogP contribution >= 0.6 is 11.6 Å². The molecule has 5 atom stereocenters. The van der Waals surface area contributed by atoms with Crippen LogP contribution in [0.25, 0.3) is 0 Å². The van der Waals surface area contributed by atoms with Gasteiger partial charge in [-0.1, -0.05) is 31.5 Å². The lowest BCUT2D eigenvalue weighted by molar-refractivity contribution is -0.144. The van der Waals surface area contributed by atoms with Gasteiger partial charge in [-0.25, -0.2) is 9.18 Å². The van der Waals surface area contributed by atoms with Gasteiger partial charge in [0.15, 0.2) is 11.5 Å². The van der Waals surface area contributed by atoms with Crippen LogP contribution < -0.4 is 19.5 Å². The molecular formula is C43H53ClFN3O5. The third-order valence-electron chi connectivity index (χ3n) is 13.0. The van der Waals surface area contributed by atoms with E-state index in [2.05, 4.69) is 41.2 Å². The highest BCUT2D eigenvalue weighted by atomic mass is 35.5. The second-order valence-corrected chi connectivity index (χ2v) is 17.2. The molecule has 1 aromatic heterocycles. The number of rotatable bonds is 10. The molecule has 10 heteroatoms. The van der Waals surface area contributed by atoms with E-state index in [1.807, 2.05) is 24.4 Å². The van der Waals surface area contributed by atoms with Crippen molar-refractivity contribution in [2.24, 2.45) is 17.8 Å². The lowest BCUT2D eigenvalue weighted by atomic mass is 9.59. The number of carboxylic acid groups (broad SMARTS) is 1. The number of carboxylic acids is 1. The maximum Gasteiger partial charge on any atom is 0.329 e. The largest absolute Gasteiger partial charge is 0.493 e. The highest BCUT2D eigenvalue weighted by Crippen LogP contribution is 2.58. The fraction of sp³-hybridized carbons (Fsp3) is 0.581. The Morgan fingerprint density at radius 1 is 1.13 bits per heavy atom. The minimum absolute atomic E-state index is 0.155. The van der Waals surface area contributed by atoms with Crippen molar-refractivity contribution in [3.8, 4) is 17.2 Å². The number of alkyl halides is 1. The highest BCUT2D eigenvalue weighted by Gasteiger charge is 2.54. The summed E-state index contributed by atoms with van der Waals surface area (Å²) in [5.74, 6) is 2.87. The lowest BCUT2D eigenvalue weighted by Gasteiger charge is -2.47. The lowest BCUT2D eigenvalue weighted by Crippen LogP contribution is -2.53. The number of nitrogens with one attached hydrogen (secondary N) is 1. The number of aliphatic carboxylic acids is 1. The molecule has 1 saturated carbocycles. The molecule has 5 aliphatic rings. The zero-order valence-corrected chi connectivity index (χ0v) is 31.8. The molecule has 53 heavy (non-hydrogen) atoms. The Kier molecular flexibility index (Phi) is 10.3. The number of benzene rings is 2. The quantitative estimate of drug-likeness (QED) is 0.213. The zero-order valence-electron chi connectivity index (χ0n) is 31.0. The van der Waals surface area contributed by atoms with Gasteiger partial charge in [-0.2, -0.15) is 0 Å². The Balaban J connectivity index is 1.04. The van der Waals surface area contributed by atoms with Gasteiger partial charge in [0, 0.05) is 53.7 Å². The SMILES string of the molecule is C[C@@H](COc1ccnc2c1[C@H](C)CCC2)C[C@H]1Cc2cc3c(cc2C12CCC(Nc1cccc(Cl)c1)(C(=O)O)CC2)OCC(CN1CC[C@@H](F)C1)CO3. The molecule has 0 bridgehead atoms. The van der Waals surface area contributed by atoms with Gasteiger partial charge in [-0.15, -0.1) is 0 Å². The Bertz CT molecular complexity index is 1810. The summed E-state index contributed by atoms with van der Waals surface area (Å²) in [5, 5.41) is 14.7. The number of likely N-dealkylation sites (tertiary alicyclic amines) is 1. The number of halogens is 2. The molecule has 8 rings (SSSR count). The molecule has 2 aromatic carbocycles. The van der Waals surface area contributed by atoms with E-state index in [0.29, 0.717) is 62.5 Å². The average molecular weight is 746 g/mol. The van der Waals surface area contributed by atoms with Gasteiger partial charge in [0.2, 0.25) is 0 Å². The fourth-order valence-corrected chi connectivity index (χ4v) is 10.4. The van der Waals surface area contributed by atoms with Crippen molar-refractivity contribution in [2.75, 3.05) is 44.8 Å². The Morgan fingerprint density at radius 3 is 2.66 bits per heavy atom. The van der Waals surface area contributed by atoms with Crippen LogP contribution in [0.5, 0.6) is 17.2 Å². The zero-order chi connectivity index (χ0) is 36.7. The first-order valence-corrected chi connectivity index (χ1v) is 20.2. The van der Waals surface area contributed by atoms with E-state index in [-0.39, 0.29) is 17.3 Å². The number of hydrogen-bond acceptors (Lipinski definition) is 7. The number of hydrogen-bond donors (Lipinski definition) is 2. The molecule has 284 valence electrons. The second-order valence-electron chi connectivity index (χ2n) is 16.8. The monoisotopic (exact) mass is 745 g/mol. The summed E-state index contributed by atoms with van der Waals surface area (Å²) in [6.45, 7) is 8.26. The third-order valence-corrected chi connectivity index (χ3v) is 13.3. The maximum absolute atomic E-state index is 13.9. The van der Waals surface area contributed by atoms with Gasteiger partial charge in [-0.3, -0.25) is 9.88 Å². The van der Waals surface area contributed by atoms with Crippen LogP contribution in [0, 0.1) is 17.8 Å². The van der Waals surface area contributed by atoms with E-state index < -0.39 is 17.7 Å². The number of aryl methyl sites for hydroxylation is 1. The third kappa shape index (κ3) is 7.32. The van der Waals surface area contributed by atoms with E-state index in [4.69, 9.17) is 25.8 Å². The minimum atomic E-state index is -1.10. The Morgan fingerprint density at radius 2 is 1.92 bits per heavy atom. The molecule has 8 nitrogen and oxygen atoms in total. The predicted octanol–water partition coefficient (Wildman–Crippen LogP) is 8.63. The second kappa shape index (κ2) is 14.9. The van der Waals surface area contributed by atoms with Crippen LogP contribution in [0.15, 0.2) is 48.7 Å². The van der Waals surface area contributed by atoms with E-state index in [1.165, 1.54) is 28.8 Å². The molecule has 0 amide bonds. The molecule has 2 fully saturated rings. The van der Waals surface area contributed by atoms with Crippen LogP contribution in [0.1, 0.15) is 93.5 Å². The summed E-state index contributed by atoms with van der Waals surface area (Å²) in [4.78, 5) is 19.9. The maximum atomic E-state index is 13.9. The average Bonchev–Trinajstić information content (AvgIpc) is 3.60. The summed E-state index contributed by atoms with van der Waals surface area (Å²) in [6.07, 6.45) is 9.36. The number of fused-ring (bicyclic) bond motifs is 4. The highest BCUT2D eigenvalue weighted by molar-refractivity contribution is 6.30. The molecule has 3 heterocycles. The van der Waals surface area contributed by atoms with Gasteiger partial charge in [0.25, 0.3) is 0 Å². The van der Waals surface area contributed by atoms with Crippen LogP contribution in [-0.2, 0) is 23.1 Å². The topological polar surface area (TPSA) is 93.2 Å². The van der Waals surface area contributed by atoms with Gasteiger partial charge >= 0.3 is 5.97 Å². The van der Waals surface area contributed by atoms with E-state index in [0.717, 1.165) is 74.6 Å². The van der Waals surface area contributed by atoms with E-state index >= 15 is 0 Å². The van der Waals surface area contributed by atoms with Crippen molar-refractivity contribution >= 4 is 23.3 Å². The summed E-state index contributed by atoms with van der Waals surface area (Å²) >= 11 is 6.30. The first-order valence-electron chi connectivity index (χ1n) is 19.8. The van der Waals surface area contributed by atoms with Crippen molar-refractivity contribution in [1.29, 1.82) is 0 Å². The van der Waals surface area contributed by atoms with Crippen LogP contribution in [0.4, 0.5) is 10.1 Å². The van der Waals surface area contributed by atoms with E-state index in [1.54, 1.807) is 12.1 Å². The van der Waals surface area contributed by atoms with Gasteiger partial charge in [0.05, 0.1) is 19.8 Å². The van der Waals surface area contributed by atoms with Gasteiger partial charge < -0.3 is 24.6 Å². The summed E-state index contributed by atoms with van der Waals surface area (Å²) in [6, 6.07) is 13.8. The van der Waals surface area contributed by atoms with Crippen molar-refractivity contribution in [3.63, 3.8) is 0 Å². The number of nitrogens with zero attached hydrogens (tertiary/aromatic N) is 2. The normalized spacial score (nSPS) is 30.0. The molecule has 1 spiro atoms. The molecule has 2 aliphatic heterocycles. The molecular weight excluding hydrogens is 693 g/mol. The number of carbonyl (C=O) groups is 1. The van der Waals surface area contributed by atoms with Crippen molar-refractivity contribution < 1.29 is 28.5 Å². The van der Waals surface area contributed by atoms with Crippen LogP contribution in [0.3, 0.4) is 0 Å². The van der Waals surface area contributed by atoms with E-state index in [9.17, 15) is 14.3 Å². The fourth-order valence-electron chi connectivity index (χ4n) is 10.2. The minimum Gasteiger partial charge on any atom is -0.493 e. The first-order chi connectivity index (χ1) is 25.6. The number of ether oxygens (including phenoxy) is 3. The predicted molar refractivity (Wildman–Crippen MR) is 205 cm³/mol. The first kappa shape index (κ1) is 36.4. The molecule has 1 saturated heterocycles. The molecule has 1 unspecified atom stereocenters. The smallest absolute Gasteiger partial charge is 0.329 e. The van der Waals surface area contributed by atoms with Gasteiger partial charge in [-0.05, 0) is 135 Å². The standard InChI is InChI=1S/C43H53ClFN3O5/c1-27(24-51-37-9-15-46-36-8-3-5-28(2)40(36)37)17-31-18-30-19-38-39(53-26-29(25-52-38)22-48-16-10-33(45)23-48)21-35(30)42(31)11-13-43(14-12-42,41(49)50)47-34-7-4-6-32(44)20-34/h4,6-7,9,15,19-21,27-29,31,33,47H,3,5,8,10-14,16-18,22-26H2,1-2H3,(H,49,50)/t27-,28-,29?,31+,33-,42?,43?/m1/s1. The van der Waals surface area contributed by atoms with Crippen molar-refractivity contribution in [2.45, 2.75) is 101 Å². The summed E-state index contributed by atoms with van der Waals surface area (Å²) in [7, 11) is 0. The Labute approximate surface area is 317 Å². The molecule has 3 aromatic rings. The molecule has 3 aliphatic carbocycles. The summed E-state index contributed by atoms with van der Waals surface area (Å²) < 4.78 is 33.4. The Hall–Kier alpha value is -3.56. The summed E-state index contributed by atoms with van der Waals surface area (Å²) in [5.41, 5.74) is 4.41. The number of anilines is 1. The van der Waals surface area contributed by atoms with Crippen LogP contribution in [0.2, 0.25) is 5.02 Å². The molecule has 0 radical (unpaired) electrons. The van der Waals surface area contributed by atoms with Gasteiger partial charge in [0.1, 0.15) is 17.5 Å².